The Morgan fingerprint density at radius 2 is 1.88 bits per heavy atom. The lowest BCUT2D eigenvalue weighted by molar-refractivity contribution is -0.134. The van der Waals surface area contributed by atoms with E-state index in [4.69, 9.17) is 5.26 Å². The topological polar surface area (TPSA) is 82.0 Å². The van der Waals surface area contributed by atoms with E-state index in [1.807, 2.05) is 19.1 Å². The van der Waals surface area contributed by atoms with Gasteiger partial charge in [-0.15, -0.1) is 11.8 Å². The second-order valence-corrected chi connectivity index (χ2v) is 7.34. The Hall–Kier alpha value is -2.00. The average Bonchev–Trinajstić information content (AvgIpc) is 2.63. The zero-order valence-electron chi connectivity index (χ0n) is 14.6. The number of hydrogen-bond donors (Lipinski definition) is 2. The molecule has 1 aliphatic rings. The first kappa shape index (κ1) is 19.3. The van der Waals surface area contributed by atoms with Crippen molar-refractivity contribution in [1.82, 2.24) is 10.6 Å². The predicted molar refractivity (Wildman–Crippen MR) is 100.0 cm³/mol. The first-order valence-electron chi connectivity index (χ1n) is 8.76. The van der Waals surface area contributed by atoms with E-state index in [0.717, 1.165) is 24.8 Å². The van der Waals surface area contributed by atoms with Crippen molar-refractivity contribution in [2.45, 2.75) is 50.3 Å². The van der Waals surface area contributed by atoms with E-state index in [9.17, 15) is 9.59 Å². The van der Waals surface area contributed by atoms with E-state index < -0.39 is 5.54 Å². The van der Waals surface area contributed by atoms with E-state index >= 15 is 0 Å². The summed E-state index contributed by atoms with van der Waals surface area (Å²) in [5.74, 6) is 0.876. The Balaban J connectivity index is 1.86. The third-order valence-corrected chi connectivity index (χ3v) is 5.45. The number of amides is 2. The van der Waals surface area contributed by atoms with Crippen molar-refractivity contribution < 1.29 is 9.59 Å². The second-order valence-electron chi connectivity index (χ2n) is 6.35. The molecule has 0 atom stereocenters. The molecule has 1 saturated carbocycles. The van der Waals surface area contributed by atoms with Crippen LogP contribution < -0.4 is 10.6 Å². The van der Waals surface area contributed by atoms with Crippen LogP contribution in [0, 0.1) is 11.3 Å². The summed E-state index contributed by atoms with van der Waals surface area (Å²) in [6.07, 6.45) is 4.48. The van der Waals surface area contributed by atoms with Gasteiger partial charge in [0, 0.05) is 12.3 Å². The van der Waals surface area contributed by atoms with Gasteiger partial charge in [-0.3, -0.25) is 9.59 Å². The molecule has 0 spiro atoms. The van der Waals surface area contributed by atoms with Gasteiger partial charge >= 0.3 is 0 Å². The summed E-state index contributed by atoms with van der Waals surface area (Å²) in [6.45, 7) is 2.47. The molecule has 2 amide bonds. The molecular weight excluding hydrogens is 334 g/mol. The highest BCUT2D eigenvalue weighted by atomic mass is 32.2. The van der Waals surface area contributed by atoms with Crippen LogP contribution in [0.25, 0.3) is 0 Å². The molecule has 0 bridgehead atoms. The standard InChI is InChI=1S/C19H25N3O2S/c1-2-21-18(24)19(10-4-3-5-11-19)22-17(23)14-25-13-16-8-6-15(12-20)7-9-16/h6-9H,2-5,10-11,13-14H2,1H3,(H,21,24)(H,22,23). The summed E-state index contributed by atoms with van der Waals surface area (Å²) in [4.78, 5) is 24.8. The maximum atomic E-state index is 12.5. The molecule has 25 heavy (non-hydrogen) atoms. The van der Waals surface area contributed by atoms with Gasteiger partial charge in [0.05, 0.1) is 17.4 Å². The maximum absolute atomic E-state index is 12.5. The molecule has 0 aliphatic heterocycles. The molecule has 6 heteroatoms. The number of nitriles is 1. The van der Waals surface area contributed by atoms with Crippen LogP contribution in [-0.4, -0.2) is 29.7 Å². The monoisotopic (exact) mass is 359 g/mol. The van der Waals surface area contributed by atoms with Crippen molar-refractivity contribution in [3.8, 4) is 6.07 Å². The van der Waals surface area contributed by atoms with Gasteiger partial charge in [-0.2, -0.15) is 5.26 Å². The van der Waals surface area contributed by atoms with Crippen LogP contribution in [0.2, 0.25) is 0 Å². The van der Waals surface area contributed by atoms with Crippen LogP contribution in [0.4, 0.5) is 0 Å². The molecule has 0 unspecified atom stereocenters. The van der Waals surface area contributed by atoms with Crippen LogP contribution in [0.3, 0.4) is 0 Å². The number of rotatable bonds is 7. The fraction of sp³-hybridized carbons (Fsp3) is 0.526. The second kappa shape index (κ2) is 9.47. The summed E-state index contributed by atoms with van der Waals surface area (Å²) in [5.41, 5.74) is 0.973. The Morgan fingerprint density at radius 3 is 2.48 bits per heavy atom. The number of carbonyl (C=O) groups is 2. The summed E-state index contributed by atoms with van der Waals surface area (Å²) in [6, 6.07) is 9.46. The van der Waals surface area contributed by atoms with Crippen molar-refractivity contribution in [1.29, 1.82) is 5.26 Å². The van der Waals surface area contributed by atoms with Crippen LogP contribution in [-0.2, 0) is 15.3 Å². The van der Waals surface area contributed by atoms with E-state index in [1.54, 1.807) is 12.1 Å². The fourth-order valence-electron chi connectivity index (χ4n) is 3.13. The molecule has 5 nitrogen and oxygen atoms in total. The van der Waals surface area contributed by atoms with Gasteiger partial charge in [0.2, 0.25) is 11.8 Å². The summed E-state index contributed by atoms with van der Waals surface area (Å²) in [7, 11) is 0. The maximum Gasteiger partial charge on any atom is 0.245 e. The highest BCUT2D eigenvalue weighted by Crippen LogP contribution is 2.28. The number of nitrogens with zero attached hydrogens (tertiary/aromatic N) is 1. The molecule has 0 heterocycles. The molecule has 1 aromatic rings. The van der Waals surface area contributed by atoms with Crippen LogP contribution in [0.1, 0.15) is 50.2 Å². The molecule has 134 valence electrons. The largest absolute Gasteiger partial charge is 0.354 e. The highest BCUT2D eigenvalue weighted by Gasteiger charge is 2.40. The van der Waals surface area contributed by atoms with Crippen molar-refractivity contribution in [2.75, 3.05) is 12.3 Å². The zero-order valence-corrected chi connectivity index (χ0v) is 15.5. The summed E-state index contributed by atoms with van der Waals surface area (Å²) >= 11 is 1.51. The van der Waals surface area contributed by atoms with Gasteiger partial charge in [0.1, 0.15) is 5.54 Å². The van der Waals surface area contributed by atoms with Gasteiger partial charge < -0.3 is 10.6 Å². The first-order chi connectivity index (χ1) is 12.1. The van der Waals surface area contributed by atoms with Crippen molar-refractivity contribution in [3.63, 3.8) is 0 Å². The molecule has 0 aromatic heterocycles. The zero-order chi connectivity index (χ0) is 18.1. The number of thioether (sulfide) groups is 1. The Morgan fingerprint density at radius 1 is 1.20 bits per heavy atom. The van der Waals surface area contributed by atoms with Crippen LogP contribution in [0.5, 0.6) is 0 Å². The molecule has 2 N–H and O–H groups in total. The Kier molecular flexibility index (Phi) is 7.32. The average molecular weight is 359 g/mol. The van der Waals surface area contributed by atoms with E-state index in [-0.39, 0.29) is 11.8 Å². The number of nitrogens with one attached hydrogen (secondary N) is 2. The lowest BCUT2D eigenvalue weighted by Crippen LogP contribution is -2.60. The molecule has 2 rings (SSSR count). The lowest BCUT2D eigenvalue weighted by atomic mass is 9.80. The minimum Gasteiger partial charge on any atom is -0.354 e. The summed E-state index contributed by atoms with van der Waals surface area (Å²) < 4.78 is 0. The molecule has 1 fully saturated rings. The molecule has 0 saturated heterocycles. The predicted octanol–water partition coefficient (Wildman–Crippen LogP) is 2.75. The minimum atomic E-state index is -0.736. The summed E-state index contributed by atoms with van der Waals surface area (Å²) in [5, 5.41) is 14.7. The Bertz CT molecular complexity index is 631. The van der Waals surface area contributed by atoms with Gasteiger partial charge in [-0.05, 0) is 37.5 Å². The number of hydrogen-bond acceptors (Lipinski definition) is 4. The van der Waals surface area contributed by atoms with Gasteiger partial charge in [0.25, 0.3) is 0 Å². The molecular formula is C19H25N3O2S. The fourth-order valence-corrected chi connectivity index (χ4v) is 3.92. The number of likely N-dealkylation sites (N-methyl/N-ethyl adjacent to an activating group) is 1. The third kappa shape index (κ3) is 5.50. The van der Waals surface area contributed by atoms with E-state index in [2.05, 4.69) is 16.7 Å². The van der Waals surface area contributed by atoms with Crippen molar-refractivity contribution in [2.24, 2.45) is 0 Å². The van der Waals surface area contributed by atoms with Crippen LogP contribution in [0.15, 0.2) is 24.3 Å². The number of carbonyl (C=O) groups excluding carboxylic acids is 2. The quantitative estimate of drug-likeness (QED) is 0.784. The van der Waals surface area contributed by atoms with Crippen molar-refractivity contribution in [3.05, 3.63) is 35.4 Å². The van der Waals surface area contributed by atoms with Gasteiger partial charge in [0.15, 0.2) is 0 Å². The number of benzene rings is 1. The first-order valence-corrected chi connectivity index (χ1v) is 9.91. The SMILES string of the molecule is CCNC(=O)C1(NC(=O)CSCc2ccc(C#N)cc2)CCCCC1. The Labute approximate surface area is 153 Å². The third-order valence-electron chi connectivity index (χ3n) is 4.44. The molecule has 1 aliphatic carbocycles. The molecule has 1 aromatic carbocycles. The molecule has 0 radical (unpaired) electrons. The minimum absolute atomic E-state index is 0.0554. The van der Waals surface area contributed by atoms with Gasteiger partial charge in [-0.1, -0.05) is 31.4 Å². The van der Waals surface area contributed by atoms with Gasteiger partial charge in [-0.25, -0.2) is 0 Å². The van der Waals surface area contributed by atoms with Crippen molar-refractivity contribution >= 4 is 23.6 Å². The normalized spacial score (nSPS) is 15.8. The van der Waals surface area contributed by atoms with E-state index in [1.165, 1.54) is 11.8 Å². The lowest BCUT2D eigenvalue weighted by Gasteiger charge is -2.36. The highest BCUT2D eigenvalue weighted by molar-refractivity contribution is 7.99. The van der Waals surface area contributed by atoms with Crippen LogP contribution >= 0.6 is 11.8 Å². The van der Waals surface area contributed by atoms with E-state index in [0.29, 0.717) is 36.5 Å². The smallest absolute Gasteiger partial charge is 0.245 e.